The van der Waals surface area contributed by atoms with Crippen molar-refractivity contribution in [3.05, 3.63) is 22.7 Å². The number of benzene rings is 1. The Morgan fingerprint density at radius 1 is 1.30 bits per heavy atom. The van der Waals surface area contributed by atoms with Crippen molar-refractivity contribution in [2.24, 2.45) is 11.5 Å². The number of carbonyl (C=O) groups excluding carboxylic acids is 2. The van der Waals surface area contributed by atoms with Crippen LogP contribution in [0.25, 0.3) is 0 Å². The topological polar surface area (TPSA) is 119 Å². The van der Waals surface area contributed by atoms with Crippen molar-refractivity contribution in [1.29, 1.82) is 0 Å². The number of carbonyl (C=O) groups is 2. The van der Waals surface area contributed by atoms with E-state index in [-0.39, 0.29) is 36.2 Å². The lowest BCUT2D eigenvalue weighted by atomic mass is 10.2. The standard InChI is InChI=1S/C12H16ClN3O4/c1-20-9-3-7(2-8(13)12(9)19)4-16(5-10(14)17)6-11(15)18/h2-3,19H,4-6H2,1H3,(H2,14,17)(H2,15,18). The molecule has 0 bridgehead atoms. The van der Waals surface area contributed by atoms with Gasteiger partial charge in [0.25, 0.3) is 0 Å². The summed E-state index contributed by atoms with van der Waals surface area (Å²) in [4.78, 5) is 23.4. The van der Waals surface area contributed by atoms with E-state index in [9.17, 15) is 14.7 Å². The van der Waals surface area contributed by atoms with Crippen molar-refractivity contribution in [3.63, 3.8) is 0 Å². The molecule has 0 aromatic heterocycles. The highest BCUT2D eigenvalue weighted by molar-refractivity contribution is 6.32. The van der Waals surface area contributed by atoms with Crippen LogP contribution in [0.4, 0.5) is 0 Å². The summed E-state index contributed by atoms with van der Waals surface area (Å²) in [6.45, 7) is -0.0320. The van der Waals surface area contributed by atoms with Crippen LogP contribution in [-0.4, -0.2) is 42.0 Å². The zero-order valence-corrected chi connectivity index (χ0v) is 11.7. The minimum atomic E-state index is -0.580. The van der Waals surface area contributed by atoms with Gasteiger partial charge in [0.05, 0.1) is 25.2 Å². The van der Waals surface area contributed by atoms with Gasteiger partial charge < -0.3 is 21.3 Å². The number of hydrogen-bond donors (Lipinski definition) is 3. The number of hydrogen-bond acceptors (Lipinski definition) is 5. The molecule has 0 spiro atoms. The number of halogens is 1. The van der Waals surface area contributed by atoms with E-state index in [0.717, 1.165) is 0 Å². The number of nitrogens with zero attached hydrogens (tertiary/aromatic N) is 1. The lowest BCUT2D eigenvalue weighted by Gasteiger charge is -2.19. The lowest BCUT2D eigenvalue weighted by molar-refractivity contribution is -0.122. The SMILES string of the molecule is COc1cc(CN(CC(N)=O)CC(N)=O)cc(Cl)c1O. The minimum Gasteiger partial charge on any atom is -0.503 e. The number of phenolic OH excluding ortho intramolecular Hbond substituents is 1. The van der Waals surface area contributed by atoms with Crippen LogP contribution < -0.4 is 16.2 Å². The normalized spacial score (nSPS) is 10.6. The molecule has 0 aliphatic carbocycles. The van der Waals surface area contributed by atoms with Gasteiger partial charge in [0.2, 0.25) is 11.8 Å². The summed E-state index contributed by atoms with van der Waals surface area (Å²) in [5.74, 6) is -1.13. The maximum Gasteiger partial charge on any atom is 0.231 e. The molecule has 0 saturated heterocycles. The first kappa shape index (κ1) is 16.1. The molecular weight excluding hydrogens is 286 g/mol. The summed E-state index contributed by atoms with van der Waals surface area (Å²) in [6.07, 6.45) is 0. The quantitative estimate of drug-likeness (QED) is 0.646. The van der Waals surface area contributed by atoms with Gasteiger partial charge in [0, 0.05) is 6.54 Å². The number of phenols is 1. The Kier molecular flexibility index (Phi) is 5.60. The summed E-state index contributed by atoms with van der Waals surface area (Å²) in [6, 6.07) is 3.06. The van der Waals surface area contributed by atoms with Crippen LogP contribution in [0.2, 0.25) is 5.02 Å². The molecule has 0 saturated carbocycles. The van der Waals surface area contributed by atoms with Crippen molar-refractivity contribution in [2.45, 2.75) is 6.54 Å². The number of rotatable bonds is 7. The molecule has 0 aliphatic rings. The molecule has 8 heteroatoms. The first-order valence-electron chi connectivity index (χ1n) is 5.67. The van der Waals surface area contributed by atoms with Crippen molar-refractivity contribution >= 4 is 23.4 Å². The largest absolute Gasteiger partial charge is 0.503 e. The lowest BCUT2D eigenvalue weighted by Crippen LogP contribution is -2.39. The summed E-state index contributed by atoms with van der Waals surface area (Å²) < 4.78 is 4.97. The third-order valence-electron chi connectivity index (χ3n) is 2.47. The predicted molar refractivity (Wildman–Crippen MR) is 73.3 cm³/mol. The molecule has 1 aromatic carbocycles. The zero-order valence-electron chi connectivity index (χ0n) is 10.9. The van der Waals surface area contributed by atoms with E-state index in [1.807, 2.05) is 0 Å². The number of amides is 2. The highest BCUT2D eigenvalue weighted by Gasteiger charge is 2.15. The van der Waals surface area contributed by atoms with E-state index >= 15 is 0 Å². The minimum absolute atomic E-state index is 0.109. The van der Waals surface area contributed by atoms with Gasteiger partial charge in [-0.3, -0.25) is 14.5 Å². The van der Waals surface area contributed by atoms with Crippen LogP contribution in [0.1, 0.15) is 5.56 Å². The maximum atomic E-state index is 11.0. The molecule has 1 aromatic rings. The molecule has 7 nitrogen and oxygen atoms in total. The van der Waals surface area contributed by atoms with Gasteiger partial charge >= 0.3 is 0 Å². The Morgan fingerprint density at radius 2 is 1.85 bits per heavy atom. The van der Waals surface area contributed by atoms with Crippen LogP contribution in [0.15, 0.2) is 12.1 Å². The number of ether oxygens (including phenoxy) is 1. The summed E-state index contributed by atoms with van der Waals surface area (Å²) >= 11 is 5.86. The van der Waals surface area contributed by atoms with Gasteiger partial charge in [-0.1, -0.05) is 11.6 Å². The first-order valence-corrected chi connectivity index (χ1v) is 6.05. The third-order valence-corrected chi connectivity index (χ3v) is 2.76. The van der Waals surface area contributed by atoms with Gasteiger partial charge in [-0.2, -0.15) is 0 Å². The molecule has 1 rings (SSSR count). The molecule has 0 radical (unpaired) electrons. The van der Waals surface area contributed by atoms with Crippen LogP contribution in [0.5, 0.6) is 11.5 Å². The highest BCUT2D eigenvalue weighted by Crippen LogP contribution is 2.35. The first-order chi connectivity index (χ1) is 9.33. The Hall–Kier alpha value is -1.99. The van der Waals surface area contributed by atoms with E-state index in [1.54, 1.807) is 6.07 Å². The monoisotopic (exact) mass is 301 g/mol. The van der Waals surface area contributed by atoms with Gasteiger partial charge in [-0.25, -0.2) is 0 Å². The average Bonchev–Trinajstić information content (AvgIpc) is 2.31. The second kappa shape index (κ2) is 6.97. The molecule has 0 fully saturated rings. The summed E-state index contributed by atoms with van der Waals surface area (Å²) in [5.41, 5.74) is 10.9. The van der Waals surface area contributed by atoms with E-state index in [2.05, 4.69) is 0 Å². The molecule has 2 amide bonds. The van der Waals surface area contributed by atoms with Crippen molar-refractivity contribution < 1.29 is 19.4 Å². The molecule has 0 unspecified atom stereocenters. The zero-order chi connectivity index (χ0) is 15.3. The van der Waals surface area contributed by atoms with Gasteiger partial charge in [-0.15, -0.1) is 0 Å². The Balaban J connectivity index is 2.95. The number of methoxy groups -OCH3 is 1. The van der Waals surface area contributed by atoms with Gasteiger partial charge in [-0.05, 0) is 17.7 Å². The summed E-state index contributed by atoms with van der Waals surface area (Å²) in [7, 11) is 1.39. The van der Waals surface area contributed by atoms with Crippen LogP contribution in [-0.2, 0) is 16.1 Å². The fraction of sp³-hybridized carbons (Fsp3) is 0.333. The van der Waals surface area contributed by atoms with Gasteiger partial charge in [0.1, 0.15) is 0 Å². The maximum absolute atomic E-state index is 11.0. The average molecular weight is 302 g/mol. The fourth-order valence-corrected chi connectivity index (χ4v) is 1.97. The molecule has 5 N–H and O–H groups in total. The van der Waals surface area contributed by atoms with Crippen LogP contribution in [0, 0.1) is 0 Å². The molecular formula is C12H16ClN3O4. The van der Waals surface area contributed by atoms with E-state index in [1.165, 1.54) is 18.1 Å². The van der Waals surface area contributed by atoms with Crippen LogP contribution in [0.3, 0.4) is 0 Å². The second-order valence-electron chi connectivity index (χ2n) is 4.21. The van der Waals surface area contributed by atoms with Crippen LogP contribution >= 0.6 is 11.6 Å². The molecule has 0 atom stereocenters. The Morgan fingerprint density at radius 3 is 2.30 bits per heavy atom. The van der Waals surface area contributed by atoms with Crippen molar-refractivity contribution in [2.75, 3.05) is 20.2 Å². The van der Waals surface area contributed by atoms with E-state index < -0.39 is 11.8 Å². The Bertz CT molecular complexity index is 506. The molecule has 0 aliphatic heterocycles. The Labute approximate surface area is 121 Å². The summed E-state index contributed by atoms with van der Waals surface area (Å²) in [5, 5.41) is 9.74. The highest BCUT2D eigenvalue weighted by atomic mass is 35.5. The van der Waals surface area contributed by atoms with Crippen molar-refractivity contribution in [3.8, 4) is 11.5 Å². The molecule has 110 valence electrons. The van der Waals surface area contributed by atoms with E-state index in [0.29, 0.717) is 5.56 Å². The van der Waals surface area contributed by atoms with Crippen molar-refractivity contribution in [1.82, 2.24) is 4.90 Å². The number of primary amides is 2. The molecule has 0 heterocycles. The number of nitrogens with two attached hydrogens (primary N) is 2. The predicted octanol–water partition coefficient (Wildman–Crippen LogP) is -0.173. The fourth-order valence-electron chi connectivity index (χ4n) is 1.74. The molecule has 20 heavy (non-hydrogen) atoms. The van der Waals surface area contributed by atoms with E-state index in [4.69, 9.17) is 27.8 Å². The smallest absolute Gasteiger partial charge is 0.231 e. The second-order valence-corrected chi connectivity index (χ2v) is 4.61. The van der Waals surface area contributed by atoms with Gasteiger partial charge in [0.15, 0.2) is 11.5 Å². The number of aromatic hydroxyl groups is 1. The third kappa shape index (κ3) is 4.60.